The molecule has 0 spiro atoms. The van der Waals surface area contributed by atoms with E-state index in [9.17, 15) is 10.1 Å². The van der Waals surface area contributed by atoms with Crippen LogP contribution in [0.5, 0.6) is 0 Å². The topological polar surface area (TPSA) is 103 Å². The van der Waals surface area contributed by atoms with Gasteiger partial charge in [-0.1, -0.05) is 37.7 Å². The summed E-state index contributed by atoms with van der Waals surface area (Å²) in [6.07, 6.45) is 1.64. The first-order valence-electron chi connectivity index (χ1n) is 9.52. The molecule has 30 heavy (non-hydrogen) atoms. The third-order valence-electron chi connectivity index (χ3n) is 4.66. The summed E-state index contributed by atoms with van der Waals surface area (Å²) < 4.78 is 8.93. The van der Waals surface area contributed by atoms with Gasteiger partial charge in [0.15, 0.2) is 5.16 Å². The number of para-hydroxylation sites is 1. The number of nitriles is 1. The molecule has 0 aliphatic heterocycles. The molecule has 0 aliphatic rings. The zero-order valence-corrected chi connectivity index (χ0v) is 17.5. The molecule has 0 fully saturated rings. The zero-order chi connectivity index (χ0) is 21.1. The maximum absolute atomic E-state index is 12.8. The molecule has 0 unspecified atom stereocenters. The van der Waals surface area contributed by atoms with Crippen molar-refractivity contribution in [1.82, 2.24) is 24.3 Å². The van der Waals surface area contributed by atoms with E-state index in [2.05, 4.69) is 35.1 Å². The quantitative estimate of drug-likeness (QED) is 0.421. The van der Waals surface area contributed by atoms with Crippen LogP contribution in [0.1, 0.15) is 37.2 Å². The van der Waals surface area contributed by atoms with Crippen molar-refractivity contribution in [2.45, 2.75) is 43.8 Å². The van der Waals surface area contributed by atoms with Gasteiger partial charge in [-0.25, -0.2) is 4.98 Å². The fourth-order valence-electron chi connectivity index (χ4n) is 3.23. The Morgan fingerprint density at radius 3 is 2.73 bits per heavy atom. The summed E-state index contributed by atoms with van der Waals surface area (Å²) in [7, 11) is 0. The molecule has 8 nitrogen and oxygen atoms in total. The molecule has 3 aromatic heterocycles. The van der Waals surface area contributed by atoms with Crippen LogP contribution in [0.2, 0.25) is 0 Å². The zero-order valence-electron chi connectivity index (χ0n) is 16.6. The van der Waals surface area contributed by atoms with E-state index in [1.165, 1.54) is 16.3 Å². The molecule has 9 heteroatoms. The van der Waals surface area contributed by atoms with E-state index >= 15 is 0 Å². The first-order chi connectivity index (χ1) is 14.6. The van der Waals surface area contributed by atoms with Gasteiger partial charge in [0.05, 0.1) is 35.5 Å². The monoisotopic (exact) mass is 420 g/mol. The molecule has 0 N–H and O–H groups in total. The largest absolute Gasteiger partial charge is 0.467 e. The minimum absolute atomic E-state index is 0.0527. The first kappa shape index (κ1) is 19.9. The van der Waals surface area contributed by atoms with Gasteiger partial charge in [-0.15, -0.1) is 10.2 Å². The van der Waals surface area contributed by atoms with Crippen molar-refractivity contribution < 1.29 is 4.42 Å². The molecule has 152 valence electrons. The number of aromatic nitrogens is 5. The molecule has 0 radical (unpaired) electrons. The number of benzene rings is 1. The fourth-order valence-corrected chi connectivity index (χ4v) is 4.12. The van der Waals surface area contributed by atoms with Crippen LogP contribution in [0.3, 0.4) is 0 Å². The molecule has 4 rings (SSSR count). The average molecular weight is 420 g/mol. The molecule has 1 aromatic carbocycles. The van der Waals surface area contributed by atoms with Crippen LogP contribution in [0.15, 0.2) is 57.0 Å². The third kappa shape index (κ3) is 3.86. The van der Waals surface area contributed by atoms with Crippen molar-refractivity contribution in [1.29, 1.82) is 5.26 Å². The standard InChI is InChI=1S/C21H20N6O2S/c1-14(2)19-24-25-21(27(19)12-15-6-5-11-29-15)30-13-18-23-17-8-4-3-7-16(17)20(28)26(18)10-9-22/h3-8,11,14H,10,12-13H2,1-2H3. The van der Waals surface area contributed by atoms with E-state index < -0.39 is 0 Å². The number of hydrogen-bond donors (Lipinski definition) is 0. The summed E-state index contributed by atoms with van der Waals surface area (Å²) in [5, 5.41) is 19.1. The lowest BCUT2D eigenvalue weighted by Crippen LogP contribution is -2.24. The summed E-state index contributed by atoms with van der Waals surface area (Å²) >= 11 is 1.43. The Labute approximate surface area is 177 Å². The highest BCUT2D eigenvalue weighted by atomic mass is 32.2. The Morgan fingerprint density at radius 1 is 1.17 bits per heavy atom. The van der Waals surface area contributed by atoms with Crippen molar-refractivity contribution >= 4 is 22.7 Å². The van der Waals surface area contributed by atoms with Gasteiger partial charge < -0.3 is 4.42 Å². The van der Waals surface area contributed by atoms with E-state index in [1.807, 2.05) is 22.8 Å². The minimum atomic E-state index is -0.210. The Balaban J connectivity index is 1.68. The van der Waals surface area contributed by atoms with Gasteiger partial charge in [-0.3, -0.25) is 13.9 Å². The normalized spacial score (nSPS) is 11.3. The van der Waals surface area contributed by atoms with Crippen molar-refractivity contribution in [2.24, 2.45) is 0 Å². The molecule has 0 amide bonds. The van der Waals surface area contributed by atoms with Crippen LogP contribution in [0.4, 0.5) is 0 Å². The Bertz CT molecular complexity index is 1270. The molecule has 0 saturated heterocycles. The number of hydrogen-bond acceptors (Lipinski definition) is 7. The molecular weight excluding hydrogens is 400 g/mol. The Morgan fingerprint density at radius 2 is 2.00 bits per heavy atom. The first-order valence-corrected chi connectivity index (χ1v) is 10.5. The van der Waals surface area contributed by atoms with Gasteiger partial charge in [0.2, 0.25) is 0 Å². The van der Waals surface area contributed by atoms with Crippen LogP contribution in [-0.2, 0) is 18.8 Å². The SMILES string of the molecule is CC(C)c1nnc(SCc2nc3ccccc3c(=O)n2CC#N)n1Cc1ccco1. The smallest absolute Gasteiger partial charge is 0.262 e. The predicted molar refractivity (Wildman–Crippen MR) is 113 cm³/mol. The van der Waals surface area contributed by atoms with Crippen molar-refractivity contribution in [3.63, 3.8) is 0 Å². The highest BCUT2D eigenvalue weighted by Gasteiger charge is 2.18. The van der Waals surface area contributed by atoms with Crippen LogP contribution in [0, 0.1) is 11.3 Å². The second-order valence-corrected chi connectivity index (χ2v) is 7.99. The van der Waals surface area contributed by atoms with Gasteiger partial charge in [-0.05, 0) is 24.3 Å². The second kappa shape index (κ2) is 8.55. The summed E-state index contributed by atoms with van der Waals surface area (Å²) in [6.45, 7) is 4.59. The summed E-state index contributed by atoms with van der Waals surface area (Å²) in [4.78, 5) is 17.5. The number of nitrogens with zero attached hydrogens (tertiary/aromatic N) is 6. The lowest BCUT2D eigenvalue weighted by Gasteiger charge is -2.12. The predicted octanol–water partition coefficient (Wildman–Crippen LogP) is 3.57. The fraction of sp³-hybridized carbons (Fsp3) is 0.286. The van der Waals surface area contributed by atoms with Crippen molar-refractivity contribution in [2.75, 3.05) is 0 Å². The van der Waals surface area contributed by atoms with Gasteiger partial charge in [-0.2, -0.15) is 5.26 Å². The van der Waals surface area contributed by atoms with Crippen LogP contribution < -0.4 is 5.56 Å². The maximum Gasteiger partial charge on any atom is 0.262 e. The van der Waals surface area contributed by atoms with E-state index in [0.717, 1.165) is 11.6 Å². The van der Waals surface area contributed by atoms with Crippen LogP contribution in [0.25, 0.3) is 10.9 Å². The van der Waals surface area contributed by atoms with Crippen molar-refractivity contribution in [3.05, 3.63) is 70.4 Å². The average Bonchev–Trinajstić information content (AvgIpc) is 3.39. The molecule has 4 aromatic rings. The summed E-state index contributed by atoms with van der Waals surface area (Å²) in [5.74, 6) is 2.77. The van der Waals surface area contributed by atoms with E-state index in [-0.39, 0.29) is 18.0 Å². The Hall–Kier alpha value is -3.38. The highest BCUT2D eigenvalue weighted by Crippen LogP contribution is 2.25. The number of fused-ring (bicyclic) bond motifs is 1. The number of thioether (sulfide) groups is 1. The molecule has 3 heterocycles. The third-order valence-corrected chi connectivity index (χ3v) is 5.62. The molecule has 0 atom stereocenters. The summed E-state index contributed by atoms with van der Waals surface area (Å²) in [6, 6.07) is 13.0. The van der Waals surface area contributed by atoms with Crippen molar-refractivity contribution in [3.8, 4) is 6.07 Å². The molecular formula is C21H20N6O2S. The highest BCUT2D eigenvalue weighted by molar-refractivity contribution is 7.98. The summed E-state index contributed by atoms with van der Waals surface area (Å²) in [5.41, 5.74) is 0.407. The van der Waals surface area contributed by atoms with Crippen LogP contribution >= 0.6 is 11.8 Å². The van der Waals surface area contributed by atoms with E-state index in [1.54, 1.807) is 24.5 Å². The molecule has 0 aliphatic carbocycles. The van der Waals surface area contributed by atoms with E-state index in [0.29, 0.717) is 34.2 Å². The van der Waals surface area contributed by atoms with Crippen LogP contribution in [-0.4, -0.2) is 24.3 Å². The van der Waals surface area contributed by atoms with E-state index in [4.69, 9.17) is 4.42 Å². The maximum atomic E-state index is 12.8. The van der Waals surface area contributed by atoms with Gasteiger partial charge in [0.25, 0.3) is 5.56 Å². The number of rotatable bonds is 7. The Kier molecular flexibility index (Phi) is 5.68. The van der Waals surface area contributed by atoms with Gasteiger partial charge in [0, 0.05) is 5.92 Å². The molecule has 0 bridgehead atoms. The lowest BCUT2D eigenvalue weighted by atomic mass is 10.2. The minimum Gasteiger partial charge on any atom is -0.467 e. The van der Waals surface area contributed by atoms with Gasteiger partial charge >= 0.3 is 0 Å². The van der Waals surface area contributed by atoms with Gasteiger partial charge in [0.1, 0.15) is 24.0 Å². The number of furan rings is 1. The molecule has 0 saturated carbocycles. The second-order valence-electron chi connectivity index (χ2n) is 7.04. The lowest BCUT2D eigenvalue weighted by molar-refractivity contribution is 0.475.